The van der Waals surface area contributed by atoms with Crippen molar-refractivity contribution in [2.45, 2.75) is 25.8 Å². The molecular formula is C24H27FN8OS. The molecule has 1 aromatic carbocycles. The lowest BCUT2D eigenvalue weighted by atomic mass is 10.2. The molecule has 3 aromatic heterocycles. The molecule has 1 saturated carbocycles. The highest BCUT2D eigenvalue weighted by molar-refractivity contribution is 7.20. The predicted octanol–water partition coefficient (Wildman–Crippen LogP) is 3.53. The number of anilines is 2. The van der Waals surface area contributed by atoms with Gasteiger partial charge in [0.25, 0.3) is 0 Å². The number of amides is 1. The first-order valence-electron chi connectivity index (χ1n) is 12.0. The third-order valence-electron chi connectivity index (χ3n) is 6.81. The minimum atomic E-state index is -0.262. The van der Waals surface area contributed by atoms with E-state index in [1.165, 1.54) is 36.3 Å². The molecule has 0 radical (unpaired) electrons. The summed E-state index contributed by atoms with van der Waals surface area (Å²) in [5.74, 6) is 1.17. The average molecular weight is 495 g/mol. The summed E-state index contributed by atoms with van der Waals surface area (Å²) in [6.07, 6.45) is 6.09. The highest BCUT2D eigenvalue weighted by Gasteiger charge is 2.31. The minimum absolute atomic E-state index is 0.00997. The lowest BCUT2D eigenvalue weighted by Gasteiger charge is -2.33. The first kappa shape index (κ1) is 22.2. The largest absolute Gasteiger partial charge is 0.344 e. The molecule has 1 aliphatic carbocycles. The van der Waals surface area contributed by atoms with Crippen molar-refractivity contribution in [3.8, 4) is 11.3 Å². The second-order valence-electron chi connectivity index (χ2n) is 9.30. The zero-order valence-electron chi connectivity index (χ0n) is 19.5. The molecule has 35 heavy (non-hydrogen) atoms. The van der Waals surface area contributed by atoms with Crippen molar-refractivity contribution in [3.63, 3.8) is 0 Å². The zero-order chi connectivity index (χ0) is 23.9. The zero-order valence-corrected chi connectivity index (χ0v) is 20.3. The van der Waals surface area contributed by atoms with Gasteiger partial charge in [-0.15, -0.1) is 5.10 Å². The van der Waals surface area contributed by atoms with Gasteiger partial charge >= 0.3 is 0 Å². The maximum Gasteiger partial charge on any atom is 0.239 e. The summed E-state index contributed by atoms with van der Waals surface area (Å²) < 4.78 is 16.9. The number of imidazole rings is 1. The molecule has 4 aromatic rings. The maximum absolute atomic E-state index is 13.2. The summed E-state index contributed by atoms with van der Waals surface area (Å²) in [5, 5.41) is 13.1. The van der Waals surface area contributed by atoms with Crippen molar-refractivity contribution in [2.24, 2.45) is 5.92 Å². The molecule has 1 atom stereocenters. The van der Waals surface area contributed by atoms with Crippen molar-refractivity contribution in [2.75, 3.05) is 42.9 Å². The number of carbonyl (C=O) groups excluding carboxylic acids is 1. The van der Waals surface area contributed by atoms with Crippen molar-refractivity contribution in [3.05, 3.63) is 48.5 Å². The first-order valence-corrected chi connectivity index (χ1v) is 12.8. The molecule has 2 fully saturated rings. The summed E-state index contributed by atoms with van der Waals surface area (Å²) in [6, 6.07) is 8.50. The third-order valence-corrected chi connectivity index (χ3v) is 7.79. The Kier molecular flexibility index (Phi) is 5.73. The van der Waals surface area contributed by atoms with E-state index in [1.807, 2.05) is 16.9 Å². The fraction of sp³-hybridized carbons (Fsp3) is 0.417. The number of hydrogen-bond donors (Lipinski definition) is 1. The van der Waals surface area contributed by atoms with E-state index >= 15 is 0 Å². The van der Waals surface area contributed by atoms with E-state index in [-0.39, 0.29) is 11.7 Å². The fourth-order valence-corrected chi connectivity index (χ4v) is 5.51. The fourth-order valence-electron chi connectivity index (χ4n) is 4.58. The summed E-state index contributed by atoms with van der Waals surface area (Å²) in [4.78, 5) is 22.5. The van der Waals surface area contributed by atoms with Gasteiger partial charge in [0.1, 0.15) is 11.6 Å². The van der Waals surface area contributed by atoms with Crippen LogP contribution in [0.15, 0.2) is 42.7 Å². The average Bonchev–Trinajstić information content (AvgIpc) is 3.28. The molecule has 1 unspecified atom stereocenters. The summed E-state index contributed by atoms with van der Waals surface area (Å²) in [7, 11) is 0. The number of halogens is 1. The van der Waals surface area contributed by atoms with Gasteiger partial charge in [-0.2, -0.15) is 5.10 Å². The number of carbonyl (C=O) groups is 1. The van der Waals surface area contributed by atoms with Gasteiger partial charge in [-0.3, -0.25) is 9.69 Å². The normalized spacial score (nSPS) is 17.7. The Balaban J connectivity index is 1.03. The quantitative estimate of drug-likeness (QED) is 0.423. The van der Waals surface area contributed by atoms with Crippen LogP contribution in [0.25, 0.3) is 16.2 Å². The van der Waals surface area contributed by atoms with Crippen molar-refractivity contribution < 1.29 is 9.18 Å². The second-order valence-corrected chi connectivity index (χ2v) is 10.2. The Morgan fingerprint density at radius 2 is 1.94 bits per heavy atom. The van der Waals surface area contributed by atoms with Gasteiger partial charge in [-0.1, -0.05) is 11.3 Å². The summed E-state index contributed by atoms with van der Waals surface area (Å²) >= 11 is 1.54. The van der Waals surface area contributed by atoms with Gasteiger partial charge in [-0.25, -0.2) is 18.6 Å². The Morgan fingerprint density at radius 3 is 2.66 bits per heavy atom. The Bertz CT molecular complexity index is 1300. The Hall–Kier alpha value is -3.31. The van der Waals surface area contributed by atoms with Crippen LogP contribution in [-0.2, 0) is 4.79 Å². The van der Waals surface area contributed by atoms with Crippen LogP contribution in [0.1, 0.15) is 25.8 Å². The molecular weight excluding hydrogens is 467 g/mol. The minimum Gasteiger partial charge on any atom is -0.344 e. The third kappa shape index (κ3) is 4.65. The van der Waals surface area contributed by atoms with E-state index in [0.29, 0.717) is 18.5 Å². The monoisotopic (exact) mass is 494 g/mol. The smallest absolute Gasteiger partial charge is 0.239 e. The summed E-state index contributed by atoms with van der Waals surface area (Å²) in [5.41, 5.74) is 1.64. The molecule has 4 heterocycles. The number of benzene rings is 1. The molecule has 9 nitrogen and oxygen atoms in total. The molecule has 1 N–H and O–H groups in total. The van der Waals surface area contributed by atoms with E-state index in [2.05, 4.69) is 32.1 Å². The second kappa shape index (κ2) is 9.04. The van der Waals surface area contributed by atoms with Crippen molar-refractivity contribution >= 4 is 33.2 Å². The van der Waals surface area contributed by atoms with E-state index < -0.39 is 0 Å². The van der Waals surface area contributed by atoms with E-state index in [0.717, 1.165) is 53.3 Å². The van der Waals surface area contributed by atoms with Gasteiger partial charge in [0.05, 0.1) is 30.7 Å². The maximum atomic E-state index is 13.2. The Labute approximate surface area is 206 Å². The molecule has 1 amide bonds. The summed E-state index contributed by atoms with van der Waals surface area (Å²) in [6.45, 7) is 5.69. The van der Waals surface area contributed by atoms with E-state index in [9.17, 15) is 9.18 Å². The van der Waals surface area contributed by atoms with Gasteiger partial charge in [0.2, 0.25) is 16.0 Å². The van der Waals surface area contributed by atoms with Gasteiger partial charge in [-0.05, 0) is 49.9 Å². The van der Waals surface area contributed by atoms with E-state index in [4.69, 9.17) is 5.10 Å². The van der Waals surface area contributed by atoms with Crippen LogP contribution in [-0.4, -0.2) is 67.9 Å². The predicted molar refractivity (Wildman–Crippen MR) is 133 cm³/mol. The number of fused-ring (bicyclic) bond motifs is 1. The van der Waals surface area contributed by atoms with Gasteiger partial charge in [0.15, 0.2) is 0 Å². The van der Waals surface area contributed by atoms with Crippen LogP contribution in [0.5, 0.6) is 0 Å². The number of nitrogens with one attached hydrogen (secondary N) is 1. The molecule has 0 bridgehead atoms. The topological polar surface area (TPSA) is 83.6 Å². The molecule has 182 valence electrons. The van der Waals surface area contributed by atoms with Crippen LogP contribution in [0.2, 0.25) is 0 Å². The standard InChI is InChI=1S/C24H27FN8OS/c1-16(17-2-3-17)33-21(8-9-26-33)28-22(34)15-30-10-12-31(13-11-30)24-29-32-14-20(27-23(32)35-24)18-4-6-19(25)7-5-18/h4-9,14,16-17H,2-3,10-13,15H2,1H3,(H,28,34). The SMILES string of the molecule is CC(C1CC1)n1nccc1NC(=O)CN1CCN(c2nn3cc(-c4ccc(F)cc4)nc3s2)CC1. The molecule has 1 aliphatic heterocycles. The van der Waals surface area contributed by atoms with Crippen LogP contribution >= 0.6 is 11.3 Å². The Morgan fingerprint density at radius 1 is 1.17 bits per heavy atom. The van der Waals surface area contributed by atoms with Gasteiger partial charge < -0.3 is 10.2 Å². The molecule has 1 saturated heterocycles. The van der Waals surface area contributed by atoms with Crippen molar-refractivity contribution in [1.82, 2.24) is 29.3 Å². The van der Waals surface area contributed by atoms with Crippen LogP contribution in [0.4, 0.5) is 15.3 Å². The van der Waals surface area contributed by atoms with Crippen molar-refractivity contribution in [1.29, 1.82) is 0 Å². The lowest BCUT2D eigenvalue weighted by molar-refractivity contribution is -0.117. The highest BCUT2D eigenvalue weighted by Crippen LogP contribution is 2.40. The molecule has 11 heteroatoms. The lowest BCUT2D eigenvalue weighted by Crippen LogP contribution is -2.48. The number of piperazine rings is 1. The number of aromatic nitrogens is 5. The molecule has 6 rings (SSSR count). The molecule has 0 spiro atoms. The van der Waals surface area contributed by atoms with Crippen LogP contribution < -0.4 is 10.2 Å². The van der Waals surface area contributed by atoms with E-state index in [1.54, 1.807) is 22.8 Å². The number of nitrogens with zero attached hydrogens (tertiary/aromatic N) is 7. The van der Waals surface area contributed by atoms with Crippen LogP contribution in [0, 0.1) is 11.7 Å². The number of hydrogen-bond acceptors (Lipinski definition) is 7. The highest BCUT2D eigenvalue weighted by atomic mass is 32.1. The van der Waals surface area contributed by atoms with Crippen LogP contribution in [0.3, 0.4) is 0 Å². The van der Waals surface area contributed by atoms with Gasteiger partial charge in [0, 0.05) is 37.8 Å². The number of rotatable bonds is 7. The molecule has 2 aliphatic rings. The first-order chi connectivity index (χ1) is 17.0.